The standard InChI is InChI=1S/C22H24N4O5S2/c1-6-23-21-24-25-22(33-21)32-11-18(27)17-7-12(2)26(13(17)3)16-9-14(19(28)30-4)8-15(10-16)20(29)31-5/h7-10H,6,11H2,1-5H3,(H,23,24). The van der Waals surface area contributed by atoms with Gasteiger partial charge in [-0.3, -0.25) is 4.79 Å². The van der Waals surface area contributed by atoms with Crippen LogP contribution in [0.3, 0.4) is 0 Å². The van der Waals surface area contributed by atoms with Gasteiger partial charge in [-0.15, -0.1) is 10.2 Å². The van der Waals surface area contributed by atoms with Crippen molar-refractivity contribution in [1.29, 1.82) is 0 Å². The van der Waals surface area contributed by atoms with Gasteiger partial charge in [0.05, 0.1) is 31.1 Å². The van der Waals surface area contributed by atoms with Crippen molar-refractivity contribution in [2.45, 2.75) is 25.1 Å². The van der Waals surface area contributed by atoms with E-state index < -0.39 is 11.9 Å². The first-order valence-corrected chi connectivity index (χ1v) is 11.8. The normalized spacial score (nSPS) is 10.7. The first-order chi connectivity index (χ1) is 15.8. The molecule has 2 aromatic heterocycles. The average molecular weight is 489 g/mol. The number of nitrogens with one attached hydrogen (secondary N) is 1. The highest BCUT2D eigenvalue weighted by molar-refractivity contribution is 8.01. The predicted octanol–water partition coefficient (Wildman–Crippen LogP) is 3.93. The molecule has 174 valence electrons. The third kappa shape index (κ3) is 5.42. The summed E-state index contributed by atoms with van der Waals surface area (Å²) in [7, 11) is 2.54. The van der Waals surface area contributed by atoms with Gasteiger partial charge in [-0.05, 0) is 45.0 Å². The molecule has 3 rings (SSSR count). The summed E-state index contributed by atoms with van der Waals surface area (Å²) in [6.45, 7) is 6.40. The third-order valence-electron chi connectivity index (χ3n) is 4.81. The number of hydrogen-bond acceptors (Lipinski definition) is 10. The molecule has 1 N–H and O–H groups in total. The molecule has 0 amide bonds. The number of nitrogens with zero attached hydrogens (tertiary/aromatic N) is 3. The van der Waals surface area contributed by atoms with Gasteiger partial charge in [0.1, 0.15) is 0 Å². The quantitative estimate of drug-likeness (QED) is 0.272. The second-order valence-electron chi connectivity index (χ2n) is 6.99. The van der Waals surface area contributed by atoms with E-state index in [1.54, 1.807) is 18.2 Å². The number of methoxy groups -OCH3 is 2. The van der Waals surface area contributed by atoms with E-state index in [2.05, 4.69) is 15.5 Å². The Hall–Kier alpha value is -3.18. The number of Topliss-reactive ketones (excluding diaryl/α,β-unsaturated/α-hetero) is 1. The molecule has 0 saturated carbocycles. The minimum absolute atomic E-state index is 0.0585. The van der Waals surface area contributed by atoms with Gasteiger partial charge in [0.25, 0.3) is 0 Å². The maximum atomic E-state index is 13.0. The van der Waals surface area contributed by atoms with Gasteiger partial charge in [0.15, 0.2) is 10.1 Å². The molecule has 11 heteroatoms. The number of ketones is 1. The van der Waals surface area contributed by atoms with Crippen molar-refractivity contribution < 1.29 is 23.9 Å². The zero-order valence-electron chi connectivity index (χ0n) is 18.9. The van der Waals surface area contributed by atoms with Crippen LogP contribution in [0.25, 0.3) is 5.69 Å². The topological polar surface area (TPSA) is 112 Å². The number of carbonyl (C=O) groups excluding carboxylic acids is 3. The predicted molar refractivity (Wildman–Crippen MR) is 127 cm³/mol. The summed E-state index contributed by atoms with van der Waals surface area (Å²) in [5, 5.41) is 11.9. The third-order valence-corrected chi connectivity index (χ3v) is 6.83. The molecule has 0 unspecified atom stereocenters. The minimum atomic E-state index is -0.578. The molecule has 0 radical (unpaired) electrons. The van der Waals surface area contributed by atoms with Crippen LogP contribution in [-0.2, 0) is 9.47 Å². The Labute approximate surface area is 199 Å². The Kier molecular flexibility index (Phi) is 7.88. The number of thioether (sulfide) groups is 1. The van der Waals surface area contributed by atoms with Gasteiger partial charge in [0, 0.05) is 29.2 Å². The van der Waals surface area contributed by atoms with Crippen LogP contribution in [0.4, 0.5) is 5.13 Å². The van der Waals surface area contributed by atoms with Gasteiger partial charge >= 0.3 is 11.9 Å². The molecule has 1 aromatic carbocycles. The fourth-order valence-electron chi connectivity index (χ4n) is 3.35. The molecule has 0 aliphatic rings. The maximum absolute atomic E-state index is 13.0. The van der Waals surface area contributed by atoms with Crippen molar-refractivity contribution >= 4 is 46.0 Å². The summed E-state index contributed by atoms with van der Waals surface area (Å²) in [6, 6.07) is 6.45. The largest absolute Gasteiger partial charge is 0.465 e. The Bertz CT molecular complexity index is 1170. The molecule has 9 nitrogen and oxygen atoms in total. The van der Waals surface area contributed by atoms with E-state index in [-0.39, 0.29) is 22.7 Å². The monoisotopic (exact) mass is 488 g/mol. The Morgan fingerprint density at radius 1 is 1.03 bits per heavy atom. The number of rotatable bonds is 9. The van der Waals surface area contributed by atoms with Crippen molar-refractivity contribution in [3.63, 3.8) is 0 Å². The van der Waals surface area contributed by atoms with E-state index in [9.17, 15) is 14.4 Å². The lowest BCUT2D eigenvalue weighted by Crippen LogP contribution is -2.10. The van der Waals surface area contributed by atoms with Crippen LogP contribution in [0.5, 0.6) is 0 Å². The molecule has 0 aliphatic heterocycles. The van der Waals surface area contributed by atoms with E-state index in [0.717, 1.165) is 17.4 Å². The molecule has 0 spiro atoms. The summed E-state index contributed by atoms with van der Waals surface area (Å²) in [5.74, 6) is -1.00. The molecule has 3 aromatic rings. The number of hydrogen-bond donors (Lipinski definition) is 1. The van der Waals surface area contributed by atoms with Crippen molar-refractivity contribution in [1.82, 2.24) is 14.8 Å². The van der Waals surface area contributed by atoms with Crippen molar-refractivity contribution in [3.05, 3.63) is 52.3 Å². The van der Waals surface area contributed by atoms with E-state index in [0.29, 0.717) is 21.3 Å². The van der Waals surface area contributed by atoms with Crippen molar-refractivity contribution in [2.24, 2.45) is 0 Å². The number of ether oxygens (including phenoxy) is 2. The van der Waals surface area contributed by atoms with Crippen LogP contribution in [0, 0.1) is 13.8 Å². The minimum Gasteiger partial charge on any atom is -0.465 e. The number of aryl methyl sites for hydroxylation is 1. The Morgan fingerprint density at radius 3 is 2.24 bits per heavy atom. The molecule has 0 saturated heterocycles. The lowest BCUT2D eigenvalue weighted by Gasteiger charge is -2.13. The molecule has 0 fully saturated rings. The number of aromatic nitrogens is 3. The second-order valence-corrected chi connectivity index (χ2v) is 9.19. The van der Waals surface area contributed by atoms with Gasteiger partial charge in [-0.1, -0.05) is 23.1 Å². The molecule has 0 atom stereocenters. The SMILES string of the molecule is CCNc1nnc(SCC(=O)c2cc(C)n(-c3cc(C(=O)OC)cc(C(=O)OC)c3)c2C)s1. The molecule has 0 aliphatic carbocycles. The van der Waals surface area contributed by atoms with E-state index in [4.69, 9.17) is 9.47 Å². The van der Waals surface area contributed by atoms with Gasteiger partial charge < -0.3 is 19.4 Å². The van der Waals surface area contributed by atoms with Crippen molar-refractivity contribution in [3.8, 4) is 5.69 Å². The Balaban J connectivity index is 1.91. The van der Waals surface area contributed by atoms with Crippen molar-refractivity contribution in [2.75, 3.05) is 31.8 Å². The lowest BCUT2D eigenvalue weighted by atomic mass is 10.1. The van der Waals surface area contributed by atoms with Crippen LogP contribution in [0.15, 0.2) is 28.6 Å². The number of esters is 2. The van der Waals surface area contributed by atoms with Crippen LogP contribution in [0.1, 0.15) is 49.4 Å². The maximum Gasteiger partial charge on any atom is 0.337 e. The average Bonchev–Trinajstić information content (AvgIpc) is 3.39. The fraction of sp³-hybridized carbons (Fsp3) is 0.318. The summed E-state index contributed by atoms with van der Waals surface area (Å²) in [4.78, 5) is 37.3. The zero-order chi connectivity index (χ0) is 24.1. The molecule has 33 heavy (non-hydrogen) atoms. The molecule has 0 bridgehead atoms. The molecule has 2 heterocycles. The smallest absolute Gasteiger partial charge is 0.337 e. The summed E-state index contributed by atoms with van der Waals surface area (Å²) >= 11 is 2.73. The Morgan fingerprint density at radius 2 is 1.67 bits per heavy atom. The number of benzene rings is 1. The first-order valence-electron chi connectivity index (χ1n) is 10.0. The van der Waals surface area contributed by atoms with E-state index in [1.165, 1.54) is 43.4 Å². The van der Waals surface area contributed by atoms with Crippen LogP contribution in [0.2, 0.25) is 0 Å². The summed E-state index contributed by atoms with van der Waals surface area (Å²) < 4.78 is 12.2. The first kappa shape index (κ1) is 24.5. The summed E-state index contributed by atoms with van der Waals surface area (Å²) in [6.07, 6.45) is 0. The number of anilines is 1. The molecular weight excluding hydrogens is 464 g/mol. The highest BCUT2D eigenvalue weighted by Gasteiger charge is 2.20. The van der Waals surface area contributed by atoms with Crippen LogP contribution >= 0.6 is 23.1 Å². The lowest BCUT2D eigenvalue weighted by molar-refractivity contribution is 0.0599. The molecular formula is C22H24N4O5S2. The van der Waals surface area contributed by atoms with Gasteiger partial charge in [0.2, 0.25) is 5.13 Å². The highest BCUT2D eigenvalue weighted by atomic mass is 32.2. The van der Waals surface area contributed by atoms with E-state index in [1.807, 2.05) is 25.3 Å². The number of carbonyl (C=O) groups is 3. The fourth-order valence-corrected chi connectivity index (χ4v) is 5.05. The highest BCUT2D eigenvalue weighted by Crippen LogP contribution is 2.28. The van der Waals surface area contributed by atoms with Crippen LogP contribution < -0.4 is 5.32 Å². The van der Waals surface area contributed by atoms with Gasteiger partial charge in [-0.2, -0.15) is 0 Å². The second kappa shape index (κ2) is 10.6. The van der Waals surface area contributed by atoms with Gasteiger partial charge in [-0.25, -0.2) is 9.59 Å². The van der Waals surface area contributed by atoms with E-state index >= 15 is 0 Å². The zero-order valence-corrected chi connectivity index (χ0v) is 20.6. The van der Waals surface area contributed by atoms with Crippen LogP contribution in [-0.4, -0.2) is 59.0 Å². The summed E-state index contributed by atoms with van der Waals surface area (Å²) in [5.41, 5.74) is 3.00.